The van der Waals surface area contributed by atoms with Gasteiger partial charge in [0.15, 0.2) is 0 Å². The lowest BCUT2D eigenvalue weighted by Crippen LogP contribution is -2.29. The number of aliphatic carboxylic acids is 1. The van der Waals surface area contributed by atoms with Gasteiger partial charge in [0, 0.05) is 18.7 Å². The number of nitrogens with zero attached hydrogens (tertiary/aromatic N) is 1. The first-order chi connectivity index (χ1) is 9.40. The zero-order valence-electron chi connectivity index (χ0n) is 11.0. The molecule has 0 saturated heterocycles. The number of benzene rings is 1. The Labute approximate surface area is 114 Å². The highest BCUT2D eigenvalue weighted by Gasteiger charge is 2.21. The van der Waals surface area contributed by atoms with E-state index in [1.54, 1.807) is 6.92 Å². The fourth-order valence-corrected chi connectivity index (χ4v) is 1.62. The number of carbonyl (C=O) groups is 2. The molecule has 0 bridgehead atoms. The molecule has 1 aromatic rings. The summed E-state index contributed by atoms with van der Waals surface area (Å²) >= 11 is 0. The van der Waals surface area contributed by atoms with E-state index >= 15 is 0 Å². The number of carboxylic acid groups (broad SMARTS) is 1. The fourth-order valence-electron chi connectivity index (χ4n) is 1.62. The number of nitro groups is 1. The SMILES string of the molecule is CCC(Nc1cc(C(=O)NC)ccc1[N+](=O)[O-])C(=O)O. The third-order valence-corrected chi connectivity index (χ3v) is 2.72. The van der Waals surface area contributed by atoms with E-state index in [-0.39, 0.29) is 23.4 Å². The van der Waals surface area contributed by atoms with Gasteiger partial charge < -0.3 is 15.7 Å². The summed E-state index contributed by atoms with van der Waals surface area (Å²) in [7, 11) is 1.43. The van der Waals surface area contributed by atoms with Gasteiger partial charge in [0.2, 0.25) is 0 Å². The standard InChI is InChI=1S/C12H15N3O5/c1-3-8(12(17)18)14-9-6-7(11(16)13-2)4-5-10(9)15(19)20/h4-6,8,14H,3H2,1-2H3,(H,13,16)(H,17,18). The summed E-state index contributed by atoms with van der Waals surface area (Å²) in [5.41, 5.74) is -0.0662. The second-order valence-corrected chi connectivity index (χ2v) is 4.01. The second-order valence-electron chi connectivity index (χ2n) is 4.01. The molecule has 0 fully saturated rings. The Morgan fingerprint density at radius 3 is 2.55 bits per heavy atom. The molecule has 1 atom stereocenters. The molecule has 108 valence electrons. The van der Waals surface area contributed by atoms with Crippen molar-refractivity contribution in [3.63, 3.8) is 0 Å². The monoisotopic (exact) mass is 281 g/mol. The number of amides is 1. The van der Waals surface area contributed by atoms with E-state index in [1.165, 1.54) is 25.2 Å². The van der Waals surface area contributed by atoms with Crippen LogP contribution >= 0.6 is 0 Å². The Kier molecular flexibility index (Phi) is 5.01. The molecule has 3 N–H and O–H groups in total. The summed E-state index contributed by atoms with van der Waals surface area (Å²) in [5, 5.41) is 24.9. The fraction of sp³-hybridized carbons (Fsp3) is 0.333. The van der Waals surface area contributed by atoms with Crippen molar-refractivity contribution >= 4 is 23.3 Å². The molecule has 1 unspecified atom stereocenters. The average molecular weight is 281 g/mol. The van der Waals surface area contributed by atoms with Crippen LogP contribution in [0.5, 0.6) is 0 Å². The van der Waals surface area contributed by atoms with Crippen LogP contribution in [-0.2, 0) is 4.79 Å². The molecular weight excluding hydrogens is 266 g/mol. The van der Waals surface area contributed by atoms with Gasteiger partial charge in [0.25, 0.3) is 11.6 Å². The van der Waals surface area contributed by atoms with Crippen molar-refractivity contribution < 1.29 is 19.6 Å². The second kappa shape index (κ2) is 6.50. The Morgan fingerprint density at radius 1 is 1.45 bits per heavy atom. The summed E-state index contributed by atoms with van der Waals surface area (Å²) in [6.07, 6.45) is 0.247. The summed E-state index contributed by atoms with van der Waals surface area (Å²) in [6.45, 7) is 1.64. The highest BCUT2D eigenvalue weighted by Crippen LogP contribution is 2.26. The molecule has 1 rings (SSSR count). The number of rotatable bonds is 6. The van der Waals surface area contributed by atoms with Crippen LogP contribution in [-0.4, -0.2) is 35.0 Å². The van der Waals surface area contributed by atoms with E-state index < -0.39 is 22.8 Å². The quantitative estimate of drug-likeness (QED) is 0.532. The summed E-state index contributed by atoms with van der Waals surface area (Å²) < 4.78 is 0. The van der Waals surface area contributed by atoms with Crippen molar-refractivity contribution in [1.29, 1.82) is 0 Å². The van der Waals surface area contributed by atoms with Gasteiger partial charge in [0.1, 0.15) is 11.7 Å². The maximum atomic E-state index is 11.5. The van der Waals surface area contributed by atoms with Gasteiger partial charge in [-0.15, -0.1) is 0 Å². The topological polar surface area (TPSA) is 122 Å². The number of carbonyl (C=O) groups excluding carboxylic acids is 1. The van der Waals surface area contributed by atoms with E-state index in [0.29, 0.717) is 0 Å². The van der Waals surface area contributed by atoms with Crippen LogP contribution in [0.15, 0.2) is 18.2 Å². The minimum absolute atomic E-state index is 0.00495. The van der Waals surface area contributed by atoms with Crippen molar-refractivity contribution in [3.8, 4) is 0 Å². The Bertz CT molecular complexity index is 544. The molecule has 1 aromatic carbocycles. The Hall–Kier alpha value is -2.64. The van der Waals surface area contributed by atoms with Crippen LogP contribution < -0.4 is 10.6 Å². The van der Waals surface area contributed by atoms with Crippen molar-refractivity contribution in [2.75, 3.05) is 12.4 Å². The molecule has 0 heterocycles. The van der Waals surface area contributed by atoms with Crippen LogP contribution in [0.1, 0.15) is 23.7 Å². The third kappa shape index (κ3) is 3.44. The highest BCUT2D eigenvalue weighted by molar-refractivity contribution is 5.96. The zero-order valence-corrected chi connectivity index (χ0v) is 11.0. The summed E-state index contributed by atoms with van der Waals surface area (Å²) in [4.78, 5) is 32.8. The predicted molar refractivity (Wildman–Crippen MR) is 71.8 cm³/mol. The number of nitro benzene ring substituents is 1. The molecule has 0 aliphatic carbocycles. The third-order valence-electron chi connectivity index (χ3n) is 2.72. The van der Waals surface area contributed by atoms with Crippen LogP contribution in [0.4, 0.5) is 11.4 Å². The Morgan fingerprint density at radius 2 is 2.10 bits per heavy atom. The number of nitrogens with one attached hydrogen (secondary N) is 2. The number of hydrogen-bond donors (Lipinski definition) is 3. The van der Waals surface area contributed by atoms with Crippen molar-refractivity contribution in [1.82, 2.24) is 5.32 Å². The molecule has 20 heavy (non-hydrogen) atoms. The molecule has 1 amide bonds. The normalized spacial score (nSPS) is 11.5. The van der Waals surface area contributed by atoms with Crippen LogP contribution in [0.25, 0.3) is 0 Å². The van der Waals surface area contributed by atoms with E-state index in [2.05, 4.69) is 10.6 Å². The molecule has 0 saturated carbocycles. The van der Waals surface area contributed by atoms with Gasteiger partial charge in [-0.3, -0.25) is 14.9 Å². The maximum absolute atomic E-state index is 11.5. The Balaban J connectivity index is 3.21. The smallest absolute Gasteiger partial charge is 0.326 e. The van der Waals surface area contributed by atoms with Crippen LogP contribution in [0.2, 0.25) is 0 Å². The van der Waals surface area contributed by atoms with E-state index in [9.17, 15) is 19.7 Å². The van der Waals surface area contributed by atoms with Gasteiger partial charge in [0.05, 0.1) is 4.92 Å². The first-order valence-electron chi connectivity index (χ1n) is 5.90. The van der Waals surface area contributed by atoms with Crippen molar-refractivity contribution in [2.24, 2.45) is 0 Å². The van der Waals surface area contributed by atoms with Gasteiger partial charge in [-0.05, 0) is 18.6 Å². The molecule has 0 aliphatic heterocycles. The number of hydrogen-bond acceptors (Lipinski definition) is 5. The minimum atomic E-state index is -1.12. The van der Waals surface area contributed by atoms with Gasteiger partial charge >= 0.3 is 5.97 Å². The minimum Gasteiger partial charge on any atom is -0.480 e. The maximum Gasteiger partial charge on any atom is 0.326 e. The average Bonchev–Trinajstić information content (AvgIpc) is 2.42. The van der Waals surface area contributed by atoms with E-state index in [4.69, 9.17) is 5.11 Å². The zero-order chi connectivity index (χ0) is 15.3. The van der Waals surface area contributed by atoms with Crippen LogP contribution in [0, 0.1) is 10.1 Å². The molecule has 0 radical (unpaired) electrons. The summed E-state index contributed by atoms with van der Waals surface area (Å²) in [5.74, 6) is -1.53. The van der Waals surface area contributed by atoms with E-state index in [0.717, 1.165) is 0 Å². The molecule has 8 nitrogen and oxygen atoms in total. The molecule has 0 spiro atoms. The first kappa shape index (κ1) is 15.4. The van der Waals surface area contributed by atoms with E-state index in [1.807, 2.05) is 0 Å². The van der Waals surface area contributed by atoms with Gasteiger partial charge in [-0.2, -0.15) is 0 Å². The van der Waals surface area contributed by atoms with Crippen LogP contribution in [0.3, 0.4) is 0 Å². The lowest BCUT2D eigenvalue weighted by atomic mass is 10.1. The molecule has 8 heteroatoms. The first-order valence-corrected chi connectivity index (χ1v) is 5.90. The van der Waals surface area contributed by atoms with Gasteiger partial charge in [-0.1, -0.05) is 6.92 Å². The van der Waals surface area contributed by atoms with Crippen molar-refractivity contribution in [3.05, 3.63) is 33.9 Å². The number of carboxylic acids is 1. The highest BCUT2D eigenvalue weighted by atomic mass is 16.6. The predicted octanol–water partition coefficient (Wildman–Crippen LogP) is 1.23. The molecular formula is C12H15N3O5. The van der Waals surface area contributed by atoms with Gasteiger partial charge in [-0.25, -0.2) is 4.79 Å². The molecule has 0 aromatic heterocycles. The van der Waals surface area contributed by atoms with Crippen molar-refractivity contribution in [2.45, 2.75) is 19.4 Å². The summed E-state index contributed by atoms with van der Waals surface area (Å²) in [6, 6.07) is 2.78. The largest absolute Gasteiger partial charge is 0.480 e. The number of anilines is 1. The lowest BCUT2D eigenvalue weighted by Gasteiger charge is -2.14. The molecule has 0 aliphatic rings. The lowest BCUT2D eigenvalue weighted by molar-refractivity contribution is -0.384.